The Balaban J connectivity index is 1.87. The van der Waals surface area contributed by atoms with Crippen molar-refractivity contribution < 1.29 is 19.1 Å². The first-order valence-corrected chi connectivity index (χ1v) is 14.0. The van der Waals surface area contributed by atoms with Gasteiger partial charge in [-0.15, -0.1) is 0 Å². The van der Waals surface area contributed by atoms with Crippen LogP contribution in [0, 0.1) is 13.8 Å². The van der Waals surface area contributed by atoms with Crippen molar-refractivity contribution in [1.29, 1.82) is 0 Å². The van der Waals surface area contributed by atoms with Crippen LogP contribution in [0.1, 0.15) is 81.9 Å². The van der Waals surface area contributed by atoms with Gasteiger partial charge in [-0.1, -0.05) is 43.5 Å². The van der Waals surface area contributed by atoms with Gasteiger partial charge in [-0.3, -0.25) is 19.3 Å². The van der Waals surface area contributed by atoms with Crippen LogP contribution < -0.4 is 26.4 Å². The number of nitrogens with zero attached hydrogens (tertiary/aromatic N) is 2. The largest absolute Gasteiger partial charge is 0.494 e. The van der Waals surface area contributed by atoms with Gasteiger partial charge in [0, 0.05) is 11.7 Å². The van der Waals surface area contributed by atoms with Gasteiger partial charge in [0.25, 0.3) is 11.8 Å². The minimum atomic E-state index is -1.02. The molecule has 0 aliphatic heterocycles. The highest BCUT2D eigenvalue weighted by Gasteiger charge is 2.37. The summed E-state index contributed by atoms with van der Waals surface area (Å²) >= 11 is 0.796. The lowest BCUT2D eigenvalue weighted by atomic mass is 9.94. The lowest BCUT2D eigenvalue weighted by Gasteiger charge is -2.34. The van der Waals surface area contributed by atoms with Crippen molar-refractivity contribution in [3.8, 4) is 5.75 Å². The number of amides is 3. The maximum atomic E-state index is 14.3. The molecule has 9 nitrogen and oxygen atoms in total. The van der Waals surface area contributed by atoms with Crippen LogP contribution in [0.25, 0.3) is 0 Å². The van der Waals surface area contributed by atoms with E-state index in [1.54, 1.807) is 24.3 Å². The normalized spacial score (nSPS) is 14.4. The maximum Gasteiger partial charge on any atom is 0.273 e. The summed E-state index contributed by atoms with van der Waals surface area (Å²) in [7, 11) is 0. The molecule has 1 heterocycles. The maximum absolute atomic E-state index is 14.3. The molecule has 3 aromatic rings. The fourth-order valence-electron chi connectivity index (χ4n) is 4.96. The number of aromatic nitrogens is 1. The molecule has 4 rings (SSSR count). The van der Waals surface area contributed by atoms with Crippen molar-refractivity contribution in [2.45, 2.75) is 65.0 Å². The van der Waals surface area contributed by atoms with Crippen molar-refractivity contribution in [3.05, 3.63) is 69.7 Å². The second kappa shape index (κ2) is 12.3. The van der Waals surface area contributed by atoms with Crippen LogP contribution in [0.3, 0.4) is 0 Å². The quantitative estimate of drug-likeness (QED) is 0.354. The summed E-state index contributed by atoms with van der Waals surface area (Å²) in [5.74, 6) is -0.989. The van der Waals surface area contributed by atoms with Crippen molar-refractivity contribution in [3.63, 3.8) is 0 Å². The van der Waals surface area contributed by atoms with Gasteiger partial charge in [0.1, 0.15) is 16.7 Å². The molecule has 1 aliphatic rings. The molecule has 0 unspecified atom stereocenters. The molecule has 2 aromatic carbocycles. The first-order chi connectivity index (χ1) is 18.7. The topological polar surface area (TPSA) is 141 Å². The number of benzene rings is 2. The Kier molecular flexibility index (Phi) is 8.86. The number of hydrogen-bond donors (Lipinski definition) is 3. The Hall–Kier alpha value is -3.92. The van der Waals surface area contributed by atoms with Gasteiger partial charge in [0.05, 0.1) is 12.3 Å². The Morgan fingerprint density at radius 1 is 1.10 bits per heavy atom. The smallest absolute Gasteiger partial charge is 0.273 e. The van der Waals surface area contributed by atoms with Crippen LogP contribution in [-0.4, -0.2) is 34.7 Å². The molecule has 0 spiro atoms. The number of carbonyl (C=O) groups excluding carboxylic acids is 3. The molecule has 206 valence electrons. The van der Waals surface area contributed by atoms with E-state index < -0.39 is 17.9 Å². The van der Waals surface area contributed by atoms with Gasteiger partial charge >= 0.3 is 0 Å². The zero-order valence-electron chi connectivity index (χ0n) is 22.5. The Labute approximate surface area is 232 Å². The minimum absolute atomic E-state index is 0.0296. The van der Waals surface area contributed by atoms with E-state index in [-0.39, 0.29) is 28.2 Å². The fourth-order valence-corrected chi connectivity index (χ4v) is 5.70. The second-order valence-electron chi connectivity index (χ2n) is 9.78. The molecule has 1 fully saturated rings. The third kappa shape index (κ3) is 6.06. The number of nitrogen functional groups attached to an aromatic ring is 1. The zero-order valence-corrected chi connectivity index (χ0v) is 23.3. The number of nitrogens with two attached hydrogens (primary N) is 2. The number of aryl methyl sites for hydroxylation is 1. The number of nitrogens with one attached hydrogen (secondary N) is 1. The van der Waals surface area contributed by atoms with Gasteiger partial charge in [0.15, 0.2) is 5.69 Å². The van der Waals surface area contributed by atoms with Crippen LogP contribution in [0.15, 0.2) is 42.5 Å². The lowest BCUT2D eigenvalue weighted by Crippen LogP contribution is -2.47. The summed E-state index contributed by atoms with van der Waals surface area (Å²) in [5.41, 5.74) is 14.3. The number of primary amides is 1. The lowest BCUT2D eigenvalue weighted by molar-refractivity contribution is -0.123. The monoisotopic (exact) mass is 549 g/mol. The van der Waals surface area contributed by atoms with Crippen molar-refractivity contribution in [1.82, 2.24) is 9.69 Å². The van der Waals surface area contributed by atoms with Crippen molar-refractivity contribution in [2.24, 2.45) is 5.73 Å². The van der Waals surface area contributed by atoms with E-state index in [4.69, 9.17) is 16.2 Å². The highest BCUT2D eigenvalue weighted by molar-refractivity contribution is 7.09. The first kappa shape index (κ1) is 28.1. The summed E-state index contributed by atoms with van der Waals surface area (Å²) in [6.45, 7) is 6.26. The SMILES string of the molecule is CCOc1ccc([C@H](C(=O)NC2CCCCC2)N(C(=O)c2snc(C(N)=O)c2N)c2cccc(C)c2C)cc1. The van der Waals surface area contributed by atoms with E-state index in [1.165, 1.54) is 4.90 Å². The van der Waals surface area contributed by atoms with Crippen LogP contribution in [0.4, 0.5) is 11.4 Å². The average Bonchev–Trinajstić information content (AvgIpc) is 3.31. The molecular weight excluding hydrogens is 514 g/mol. The molecule has 10 heteroatoms. The molecule has 5 N–H and O–H groups in total. The molecule has 0 saturated heterocycles. The molecular formula is C29H35N5O4S. The zero-order chi connectivity index (χ0) is 28.1. The Morgan fingerprint density at radius 3 is 2.41 bits per heavy atom. The Bertz CT molecular complexity index is 1350. The molecule has 0 bridgehead atoms. The highest BCUT2D eigenvalue weighted by Crippen LogP contribution is 2.36. The van der Waals surface area contributed by atoms with E-state index in [0.29, 0.717) is 23.6 Å². The molecule has 39 heavy (non-hydrogen) atoms. The summed E-state index contributed by atoms with van der Waals surface area (Å²) in [6.07, 6.45) is 5.03. The van der Waals surface area contributed by atoms with Crippen LogP contribution >= 0.6 is 11.5 Å². The number of ether oxygens (including phenoxy) is 1. The molecule has 1 atom stereocenters. The predicted octanol–water partition coefficient (Wildman–Crippen LogP) is 4.68. The fraction of sp³-hybridized carbons (Fsp3) is 0.379. The highest BCUT2D eigenvalue weighted by atomic mass is 32.1. The van der Waals surface area contributed by atoms with Crippen molar-refractivity contribution >= 4 is 40.6 Å². The number of rotatable bonds is 9. The summed E-state index contributed by atoms with van der Waals surface area (Å²) in [6, 6.07) is 11.8. The van der Waals surface area contributed by atoms with E-state index in [0.717, 1.165) is 54.8 Å². The van der Waals surface area contributed by atoms with Crippen LogP contribution in [0.5, 0.6) is 5.75 Å². The second-order valence-corrected chi connectivity index (χ2v) is 10.6. The third-order valence-electron chi connectivity index (χ3n) is 7.17. The standard InChI is InChI=1S/C29H35N5O4S/c1-4-38-21-15-13-19(14-16-21)25(28(36)32-20-10-6-5-7-11-20)34(22-12-8-9-17(2)18(22)3)29(37)26-23(30)24(27(31)35)33-39-26/h8-9,12-16,20,25H,4-7,10-11,30H2,1-3H3,(H2,31,35)(H,32,36)/t25-/m1/s1. The molecule has 3 amide bonds. The minimum Gasteiger partial charge on any atom is -0.494 e. The summed E-state index contributed by atoms with van der Waals surface area (Å²) in [4.78, 5) is 41.8. The third-order valence-corrected chi connectivity index (χ3v) is 8.03. The van der Waals surface area contributed by atoms with E-state index in [9.17, 15) is 14.4 Å². The van der Waals surface area contributed by atoms with Gasteiger partial charge in [-0.2, -0.15) is 4.37 Å². The van der Waals surface area contributed by atoms with E-state index in [2.05, 4.69) is 9.69 Å². The van der Waals surface area contributed by atoms with Gasteiger partial charge < -0.3 is 21.5 Å². The predicted molar refractivity (Wildman–Crippen MR) is 153 cm³/mol. The van der Waals surface area contributed by atoms with E-state index in [1.807, 2.05) is 39.0 Å². The van der Waals surface area contributed by atoms with E-state index >= 15 is 0 Å². The van der Waals surface area contributed by atoms with Crippen molar-refractivity contribution in [2.75, 3.05) is 17.2 Å². The Morgan fingerprint density at radius 2 is 1.79 bits per heavy atom. The molecule has 1 aliphatic carbocycles. The number of carbonyl (C=O) groups is 3. The number of anilines is 2. The first-order valence-electron chi connectivity index (χ1n) is 13.2. The number of hydrogen-bond acceptors (Lipinski definition) is 7. The summed E-state index contributed by atoms with van der Waals surface area (Å²) < 4.78 is 9.64. The van der Waals surface area contributed by atoms with Crippen LogP contribution in [0.2, 0.25) is 0 Å². The average molecular weight is 550 g/mol. The molecule has 1 aromatic heterocycles. The molecule has 0 radical (unpaired) electrons. The summed E-state index contributed by atoms with van der Waals surface area (Å²) in [5, 5.41) is 3.20. The van der Waals surface area contributed by atoms with Gasteiger partial charge in [-0.25, -0.2) is 0 Å². The van der Waals surface area contributed by atoms with Gasteiger partial charge in [0.2, 0.25) is 5.91 Å². The molecule has 1 saturated carbocycles. The van der Waals surface area contributed by atoms with Crippen LogP contribution in [-0.2, 0) is 4.79 Å². The van der Waals surface area contributed by atoms with Gasteiger partial charge in [-0.05, 0) is 80.0 Å².